The van der Waals surface area contributed by atoms with E-state index in [0.717, 1.165) is 5.56 Å². The molecule has 1 aromatic heterocycles. The van der Waals surface area contributed by atoms with Crippen LogP contribution in [0.2, 0.25) is 5.02 Å². The van der Waals surface area contributed by atoms with Gasteiger partial charge in [0.25, 0.3) is 5.91 Å². The number of carbonyl (C=O) groups excluding carboxylic acids is 1. The highest BCUT2D eigenvalue weighted by Gasteiger charge is 2.31. The summed E-state index contributed by atoms with van der Waals surface area (Å²) in [5, 5.41) is 8.94. The molecule has 1 aliphatic rings. The van der Waals surface area contributed by atoms with Crippen molar-refractivity contribution in [2.24, 2.45) is 0 Å². The van der Waals surface area contributed by atoms with Crippen LogP contribution in [0.5, 0.6) is 0 Å². The van der Waals surface area contributed by atoms with Gasteiger partial charge in [0.2, 0.25) is 5.88 Å². The van der Waals surface area contributed by atoms with E-state index in [-0.39, 0.29) is 12.1 Å². The Kier molecular flexibility index (Phi) is 3.11. The number of aromatic nitrogens is 1. The van der Waals surface area contributed by atoms with Gasteiger partial charge in [0.1, 0.15) is 11.7 Å². The van der Waals surface area contributed by atoms with E-state index in [0.29, 0.717) is 22.2 Å². The Labute approximate surface area is 120 Å². The van der Waals surface area contributed by atoms with Crippen LogP contribution in [0.3, 0.4) is 0 Å². The third-order valence-electron chi connectivity index (χ3n) is 3.20. The normalized spacial score (nSPS) is 18.4. The molecule has 1 aromatic carbocycles. The zero-order valence-corrected chi connectivity index (χ0v) is 11.7. The summed E-state index contributed by atoms with van der Waals surface area (Å²) in [5.41, 5.74) is 4.83. The van der Waals surface area contributed by atoms with E-state index in [9.17, 15) is 4.79 Å². The Morgan fingerprint density at radius 1 is 1.40 bits per heavy atom. The first kappa shape index (κ1) is 13.0. The molecule has 0 saturated carbocycles. The maximum Gasteiger partial charge on any atom is 0.275 e. The van der Waals surface area contributed by atoms with Crippen LogP contribution >= 0.6 is 11.6 Å². The lowest BCUT2D eigenvalue weighted by Crippen LogP contribution is -2.42. The van der Waals surface area contributed by atoms with E-state index in [4.69, 9.17) is 16.1 Å². The Hall–Kier alpha value is -2.05. The number of anilines is 1. The summed E-state index contributed by atoms with van der Waals surface area (Å²) in [6.45, 7) is 1.73. The number of hydrogen-bond acceptors (Lipinski definition) is 5. The minimum Gasteiger partial charge on any atom is -0.338 e. The van der Waals surface area contributed by atoms with Crippen LogP contribution in [-0.2, 0) is 0 Å². The van der Waals surface area contributed by atoms with Gasteiger partial charge in [-0.05, 0) is 13.0 Å². The number of benzene rings is 1. The van der Waals surface area contributed by atoms with Gasteiger partial charge in [0.15, 0.2) is 0 Å². The molecule has 2 heterocycles. The molecule has 0 radical (unpaired) electrons. The summed E-state index contributed by atoms with van der Waals surface area (Å²) < 4.78 is 5.19. The standard InChI is InChI=1S/C13H13ClN4O2/c1-7-10-12(20-17-7)15-11(16-18(2)13(10)19)8-5-3-4-6-9(8)14/h3-6,11,15-16H,1-2H3. The largest absolute Gasteiger partial charge is 0.338 e. The number of aryl methyl sites for hydroxylation is 1. The Balaban J connectivity index is 2.05. The summed E-state index contributed by atoms with van der Waals surface area (Å²) in [4.78, 5) is 12.3. The van der Waals surface area contributed by atoms with Gasteiger partial charge in [-0.1, -0.05) is 35.0 Å². The molecule has 0 bridgehead atoms. The van der Waals surface area contributed by atoms with Gasteiger partial charge in [-0.15, -0.1) is 0 Å². The number of halogens is 1. The maximum absolute atomic E-state index is 12.3. The number of hydrogen-bond donors (Lipinski definition) is 2. The third kappa shape index (κ3) is 2.03. The van der Waals surface area contributed by atoms with Crippen molar-refractivity contribution in [3.05, 3.63) is 46.1 Å². The molecule has 0 aliphatic carbocycles. The first-order chi connectivity index (χ1) is 9.58. The van der Waals surface area contributed by atoms with Crippen molar-refractivity contribution >= 4 is 23.4 Å². The average Bonchev–Trinajstić information content (AvgIpc) is 2.72. The lowest BCUT2D eigenvalue weighted by atomic mass is 10.1. The van der Waals surface area contributed by atoms with E-state index >= 15 is 0 Å². The monoisotopic (exact) mass is 292 g/mol. The zero-order valence-electron chi connectivity index (χ0n) is 11.0. The van der Waals surface area contributed by atoms with Gasteiger partial charge in [0.05, 0.1) is 5.69 Å². The van der Waals surface area contributed by atoms with E-state index in [1.807, 2.05) is 18.2 Å². The topological polar surface area (TPSA) is 70.4 Å². The second-order valence-electron chi connectivity index (χ2n) is 4.56. The van der Waals surface area contributed by atoms with Crippen LogP contribution in [0, 0.1) is 6.92 Å². The minimum absolute atomic E-state index is 0.208. The lowest BCUT2D eigenvalue weighted by molar-refractivity contribution is 0.0702. The summed E-state index contributed by atoms with van der Waals surface area (Å²) in [7, 11) is 1.65. The molecule has 6 nitrogen and oxygen atoms in total. The average molecular weight is 293 g/mol. The van der Waals surface area contributed by atoms with Crippen molar-refractivity contribution in [3.8, 4) is 0 Å². The number of hydrazine groups is 1. The van der Waals surface area contributed by atoms with E-state index < -0.39 is 0 Å². The molecule has 0 saturated heterocycles. The zero-order chi connectivity index (χ0) is 14.3. The van der Waals surface area contributed by atoms with Gasteiger partial charge in [0, 0.05) is 17.6 Å². The molecule has 1 unspecified atom stereocenters. The van der Waals surface area contributed by atoms with Crippen LogP contribution < -0.4 is 10.7 Å². The van der Waals surface area contributed by atoms with Gasteiger partial charge in [-0.3, -0.25) is 9.80 Å². The Bertz CT molecular complexity index is 670. The summed E-state index contributed by atoms with van der Waals surface area (Å²) in [5.74, 6) is 0.134. The Morgan fingerprint density at radius 3 is 2.90 bits per heavy atom. The quantitative estimate of drug-likeness (QED) is 0.844. The smallest absolute Gasteiger partial charge is 0.275 e. The van der Waals surface area contributed by atoms with Gasteiger partial charge >= 0.3 is 0 Å². The van der Waals surface area contributed by atoms with Gasteiger partial charge in [-0.25, -0.2) is 5.43 Å². The molecule has 1 amide bonds. The number of nitrogens with one attached hydrogen (secondary N) is 2. The molecule has 104 valence electrons. The molecule has 3 rings (SSSR count). The molecule has 1 atom stereocenters. The van der Waals surface area contributed by atoms with E-state index in [2.05, 4.69) is 15.9 Å². The SMILES string of the molecule is Cc1noc2c1C(=O)N(C)NC(c1ccccc1Cl)N2. The fourth-order valence-corrected chi connectivity index (χ4v) is 2.40. The number of rotatable bonds is 1. The molecule has 0 fully saturated rings. The molecular formula is C13H13ClN4O2. The van der Waals surface area contributed by atoms with Crippen molar-refractivity contribution in [1.29, 1.82) is 0 Å². The highest BCUT2D eigenvalue weighted by Crippen LogP contribution is 2.30. The predicted octanol–water partition coefficient (Wildman–Crippen LogP) is 2.34. The number of fused-ring (bicyclic) bond motifs is 1. The summed E-state index contributed by atoms with van der Waals surface area (Å²) >= 11 is 6.20. The predicted molar refractivity (Wildman–Crippen MR) is 74.3 cm³/mol. The molecule has 0 spiro atoms. The Morgan fingerprint density at radius 2 is 2.15 bits per heavy atom. The van der Waals surface area contributed by atoms with Crippen LogP contribution in [0.25, 0.3) is 0 Å². The first-order valence-corrected chi connectivity index (χ1v) is 6.47. The lowest BCUT2D eigenvalue weighted by Gasteiger charge is -2.23. The fraction of sp³-hybridized carbons (Fsp3) is 0.231. The van der Waals surface area contributed by atoms with Crippen molar-refractivity contribution < 1.29 is 9.32 Å². The van der Waals surface area contributed by atoms with Crippen LogP contribution in [-0.4, -0.2) is 23.1 Å². The van der Waals surface area contributed by atoms with Gasteiger partial charge < -0.3 is 9.84 Å². The van der Waals surface area contributed by atoms with Gasteiger partial charge in [-0.2, -0.15) is 0 Å². The van der Waals surface area contributed by atoms with Crippen LogP contribution in [0.15, 0.2) is 28.8 Å². The molecule has 2 N–H and O–H groups in total. The molecule has 7 heteroatoms. The maximum atomic E-state index is 12.3. The summed E-state index contributed by atoms with van der Waals surface area (Å²) in [6, 6.07) is 7.39. The molecule has 2 aromatic rings. The van der Waals surface area contributed by atoms with Crippen LogP contribution in [0.1, 0.15) is 27.8 Å². The number of nitrogens with zero attached hydrogens (tertiary/aromatic N) is 2. The minimum atomic E-state index is -0.383. The van der Waals surface area contributed by atoms with E-state index in [1.54, 1.807) is 20.0 Å². The molecule has 20 heavy (non-hydrogen) atoms. The van der Waals surface area contributed by atoms with Crippen LogP contribution in [0.4, 0.5) is 5.88 Å². The fourth-order valence-electron chi connectivity index (χ4n) is 2.16. The van der Waals surface area contributed by atoms with Crippen molar-refractivity contribution in [3.63, 3.8) is 0 Å². The number of amides is 1. The molecule has 1 aliphatic heterocycles. The highest BCUT2D eigenvalue weighted by atomic mass is 35.5. The number of carbonyl (C=O) groups is 1. The second-order valence-corrected chi connectivity index (χ2v) is 4.97. The highest BCUT2D eigenvalue weighted by molar-refractivity contribution is 6.31. The third-order valence-corrected chi connectivity index (χ3v) is 3.54. The summed E-state index contributed by atoms with van der Waals surface area (Å²) in [6.07, 6.45) is -0.383. The van der Waals surface area contributed by atoms with Crippen molar-refractivity contribution in [2.45, 2.75) is 13.1 Å². The second kappa shape index (κ2) is 4.81. The van der Waals surface area contributed by atoms with E-state index in [1.165, 1.54) is 5.01 Å². The van der Waals surface area contributed by atoms with Crippen molar-refractivity contribution in [2.75, 3.05) is 12.4 Å². The van der Waals surface area contributed by atoms with Crippen molar-refractivity contribution in [1.82, 2.24) is 15.6 Å². The first-order valence-electron chi connectivity index (χ1n) is 6.09. The molecular weight excluding hydrogens is 280 g/mol.